The summed E-state index contributed by atoms with van der Waals surface area (Å²) in [5, 5.41) is 1.15. The average molecular weight is 373 g/mol. The summed E-state index contributed by atoms with van der Waals surface area (Å²) in [6.45, 7) is 1.70. The zero-order valence-corrected chi connectivity index (χ0v) is 15.6. The van der Waals surface area contributed by atoms with E-state index in [0.29, 0.717) is 27.8 Å². The van der Waals surface area contributed by atoms with Crippen molar-refractivity contribution in [1.29, 1.82) is 0 Å². The molecular formula is C23H19NO4. The van der Waals surface area contributed by atoms with Crippen LogP contribution in [0.5, 0.6) is 11.5 Å². The quantitative estimate of drug-likeness (QED) is 0.417. The van der Waals surface area contributed by atoms with Crippen LogP contribution < -0.4 is 14.9 Å². The summed E-state index contributed by atoms with van der Waals surface area (Å²) in [5.74, 6) is 1.02. The van der Waals surface area contributed by atoms with Gasteiger partial charge in [-0.1, -0.05) is 12.1 Å². The smallest absolute Gasteiger partial charge is 0.202 e. The summed E-state index contributed by atoms with van der Waals surface area (Å²) >= 11 is 0. The van der Waals surface area contributed by atoms with Gasteiger partial charge in [0.25, 0.3) is 0 Å². The molecule has 0 amide bonds. The van der Waals surface area contributed by atoms with Crippen molar-refractivity contribution < 1.29 is 14.3 Å². The number of para-hydroxylation sites is 1. The number of benzene rings is 3. The van der Waals surface area contributed by atoms with Crippen molar-refractivity contribution in [3.8, 4) is 11.5 Å². The molecule has 28 heavy (non-hydrogen) atoms. The monoisotopic (exact) mass is 373 g/mol. The minimum Gasteiger partial charge on any atom is -0.497 e. The highest BCUT2D eigenvalue weighted by Gasteiger charge is 2.17. The third-order valence-electron chi connectivity index (χ3n) is 4.73. The van der Waals surface area contributed by atoms with Crippen molar-refractivity contribution in [2.24, 2.45) is 0 Å². The van der Waals surface area contributed by atoms with Crippen molar-refractivity contribution in [3.63, 3.8) is 0 Å². The number of methoxy groups -OCH3 is 1. The van der Waals surface area contributed by atoms with Crippen LogP contribution in [0.25, 0.3) is 21.8 Å². The van der Waals surface area contributed by atoms with Crippen LogP contribution in [-0.2, 0) is 0 Å². The van der Waals surface area contributed by atoms with E-state index in [4.69, 9.17) is 9.47 Å². The van der Waals surface area contributed by atoms with Crippen LogP contribution in [0, 0.1) is 0 Å². The van der Waals surface area contributed by atoms with Crippen LogP contribution in [0.3, 0.4) is 0 Å². The van der Waals surface area contributed by atoms with E-state index in [1.54, 1.807) is 62.6 Å². The van der Waals surface area contributed by atoms with Crippen molar-refractivity contribution in [3.05, 3.63) is 82.5 Å². The predicted octanol–water partition coefficient (Wildman–Crippen LogP) is 4.34. The molecule has 0 radical (unpaired) electrons. The van der Waals surface area contributed by atoms with E-state index in [9.17, 15) is 9.59 Å². The predicted molar refractivity (Wildman–Crippen MR) is 109 cm³/mol. The van der Waals surface area contributed by atoms with Gasteiger partial charge < -0.3 is 14.5 Å². The van der Waals surface area contributed by atoms with Crippen molar-refractivity contribution in [2.45, 2.75) is 13.0 Å². The average Bonchev–Trinajstić information content (AvgIpc) is 2.74. The molecule has 1 heterocycles. The van der Waals surface area contributed by atoms with Crippen LogP contribution >= 0.6 is 0 Å². The summed E-state index contributed by atoms with van der Waals surface area (Å²) in [5.41, 5.74) is 1.99. The number of Topliss-reactive ketones (excluding diaryl/α,β-unsaturated/α-hetero) is 1. The fourth-order valence-electron chi connectivity index (χ4n) is 3.22. The van der Waals surface area contributed by atoms with Gasteiger partial charge in [0.05, 0.1) is 12.6 Å². The van der Waals surface area contributed by atoms with E-state index < -0.39 is 6.10 Å². The summed E-state index contributed by atoms with van der Waals surface area (Å²) < 4.78 is 10.9. The van der Waals surface area contributed by atoms with Gasteiger partial charge in [-0.25, -0.2) is 0 Å². The number of nitrogens with one attached hydrogen (secondary N) is 1. The maximum absolute atomic E-state index is 12.8. The molecule has 0 saturated carbocycles. The van der Waals surface area contributed by atoms with Crippen molar-refractivity contribution >= 4 is 27.6 Å². The molecule has 4 aromatic rings. The minimum atomic E-state index is -0.689. The third-order valence-corrected chi connectivity index (χ3v) is 4.73. The number of aromatic nitrogens is 1. The Labute approximate surface area is 161 Å². The van der Waals surface area contributed by atoms with E-state index in [0.717, 1.165) is 11.0 Å². The lowest BCUT2D eigenvalue weighted by Gasteiger charge is -2.14. The fraction of sp³-hybridized carbons (Fsp3) is 0.130. The first-order chi connectivity index (χ1) is 13.6. The fourth-order valence-corrected chi connectivity index (χ4v) is 3.22. The molecule has 1 atom stereocenters. The van der Waals surface area contributed by atoms with Gasteiger partial charge in [0.2, 0.25) is 5.78 Å². The molecule has 3 aromatic carbocycles. The molecule has 0 unspecified atom stereocenters. The molecule has 1 N–H and O–H groups in total. The highest BCUT2D eigenvalue weighted by atomic mass is 16.5. The number of fused-ring (bicyclic) bond motifs is 2. The van der Waals surface area contributed by atoms with E-state index in [1.165, 1.54) is 0 Å². The first kappa shape index (κ1) is 17.8. The maximum Gasteiger partial charge on any atom is 0.202 e. The Morgan fingerprint density at radius 1 is 0.893 bits per heavy atom. The van der Waals surface area contributed by atoms with Gasteiger partial charge in [-0.05, 0) is 61.5 Å². The lowest BCUT2D eigenvalue weighted by atomic mass is 10.1. The van der Waals surface area contributed by atoms with Gasteiger partial charge in [0, 0.05) is 21.9 Å². The molecule has 0 bridgehead atoms. The summed E-state index contributed by atoms with van der Waals surface area (Å²) in [7, 11) is 1.58. The highest BCUT2D eigenvalue weighted by molar-refractivity contribution is 5.99. The number of aromatic amines is 1. The molecule has 5 heteroatoms. The Balaban J connectivity index is 1.63. The summed E-state index contributed by atoms with van der Waals surface area (Å²) in [4.78, 5) is 28.7. The minimum absolute atomic E-state index is 0.0658. The van der Waals surface area contributed by atoms with E-state index in [-0.39, 0.29) is 11.2 Å². The number of carbonyl (C=O) groups is 1. The Morgan fingerprint density at radius 2 is 1.57 bits per heavy atom. The first-order valence-corrected chi connectivity index (χ1v) is 8.96. The number of ketones is 1. The van der Waals surface area contributed by atoms with Crippen LogP contribution in [0.1, 0.15) is 17.3 Å². The first-order valence-electron chi connectivity index (χ1n) is 8.96. The van der Waals surface area contributed by atoms with E-state index in [1.807, 2.05) is 18.2 Å². The van der Waals surface area contributed by atoms with Crippen LogP contribution in [0.15, 0.2) is 71.5 Å². The van der Waals surface area contributed by atoms with E-state index in [2.05, 4.69) is 4.98 Å². The molecular weight excluding hydrogens is 354 g/mol. The molecule has 0 saturated heterocycles. The SMILES string of the molecule is COc1ccc(C(=O)[C@@H](C)Oc2ccc3[nH]c4ccccc4c(=O)c3c2)cc1. The molecule has 0 spiro atoms. The Kier molecular flexibility index (Phi) is 4.57. The summed E-state index contributed by atoms with van der Waals surface area (Å²) in [6, 6.07) is 19.5. The Bertz CT molecular complexity index is 1230. The Morgan fingerprint density at radius 3 is 2.32 bits per heavy atom. The number of pyridine rings is 1. The zero-order chi connectivity index (χ0) is 19.7. The van der Waals surface area contributed by atoms with Crippen LogP contribution in [0.2, 0.25) is 0 Å². The number of H-pyrrole nitrogens is 1. The lowest BCUT2D eigenvalue weighted by Crippen LogP contribution is -2.24. The molecule has 4 rings (SSSR count). The standard InChI is InChI=1S/C23H19NO4/c1-14(22(25)15-7-9-16(27-2)10-8-15)28-17-11-12-21-19(13-17)23(26)18-5-3-4-6-20(18)24-21/h3-14H,1-2H3,(H,24,26)/t14-/m1/s1. The molecule has 0 aliphatic rings. The number of rotatable bonds is 5. The largest absolute Gasteiger partial charge is 0.497 e. The maximum atomic E-state index is 12.8. The number of carbonyl (C=O) groups excluding carboxylic acids is 1. The lowest BCUT2D eigenvalue weighted by molar-refractivity contribution is 0.0818. The topological polar surface area (TPSA) is 68.4 Å². The molecule has 0 aliphatic carbocycles. The summed E-state index contributed by atoms with van der Waals surface area (Å²) in [6.07, 6.45) is -0.689. The molecule has 5 nitrogen and oxygen atoms in total. The molecule has 1 aromatic heterocycles. The van der Waals surface area contributed by atoms with Gasteiger partial charge >= 0.3 is 0 Å². The highest BCUT2D eigenvalue weighted by Crippen LogP contribution is 2.22. The molecule has 0 fully saturated rings. The number of hydrogen-bond acceptors (Lipinski definition) is 4. The number of ether oxygens (including phenoxy) is 2. The van der Waals surface area contributed by atoms with Crippen LogP contribution in [-0.4, -0.2) is 24.0 Å². The van der Waals surface area contributed by atoms with Gasteiger partial charge in [-0.3, -0.25) is 9.59 Å². The third kappa shape index (κ3) is 3.22. The second-order valence-electron chi connectivity index (χ2n) is 6.56. The second-order valence-corrected chi connectivity index (χ2v) is 6.56. The Hall–Kier alpha value is -3.60. The van der Waals surface area contributed by atoms with Gasteiger partial charge in [0.1, 0.15) is 11.5 Å². The van der Waals surface area contributed by atoms with Crippen molar-refractivity contribution in [1.82, 2.24) is 4.98 Å². The van der Waals surface area contributed by atoms with Gasteiger partial charge in [-0.15, -0.1) is 0 Å². The zero-order valence-electron chi connectivity index (χ0n) is 15.6. The van der Waals surface area contributed by atoms with Gasteiger partial charge in [-0.2, -0.15) is 0 Å². The van der Waals surface area contributed by atoms with E-state index >= 15 is 0 Å². The van der Waals surface area contributed by atoms with Crippen LogP contribution in [0.4, 0.5) is 0 Å². The number of hydrogen-bond donors (Lipinski definition) is 1. The normalized spacial score (nSPS) is 12.1. The molecule has 140 valence electrons. The molecule has 0 aliphatic heterocycles. The van der Waals surface area contributed by atoms with Crippen molar-refractivity contribution in [2.75, 3.05) is 7.11 Å². The van der Waals surface area contributed by atoms with Gasteiger partial charge in [0.15, 0.2) is 11.5 Å². The second kappa shape index (κ2) is 7.19.